The lowest BCUT2D eigenvalue weighted by Crippen LogP contribution is -2.10. The van der Waals surface area contributed by atoms with Gasteiger partial charge in [0.15, 0.2) is 0 Å². The lowest BCUT2D eigenvalue weighted by atomic mass is 10.0. The van der Waals surface area contributed by atoms with Gasteiger partial charge in [0.1, 0.15) is 0 Å². The molecule has 0 bridgehead atoms. The molecule has 2 aliphatic rings. The molecule has 0 saturated heterocycles. The summed E-state index contributed by atoms with van der Waals surface area (Å²) in [6.07, 6.45) is -2.20. The molecule has 0 amide bonds. The van der Waals surface area contributed by atoms with E-state index in [0.29, 0.717) is 4.47 Å². The monoisotopic (exact) mass is 766 g/mol. The number of hydrogen-bond acceptors (Lipinski definition) is 2. The standard InChI is InChI=1S/C27H23N.C13H11N.C7H4BrF3/c1-19-7-11-23(12-8-19)28(24-13-9-20(2)10-14-24)25-15-16-27-22(18-25)17-21-5-3-4-6-26(21)27;14-11-5-6-13-10(8-11)7-9-3-1-2-4-12(9)13;8-6-3-1-5(2-4-6)7(9,10)11/h3-16,18H,17H2,1-2H3;1-6,8H,7,14H2;1-4H. The highest BCUT2D eigenvalue weighted by atomic mass is 79.9. The van der Waals surface area contributed by atoms with E-state index >= 15 is 0 Å². The van der Waals surface area contributed by atoms with E-state index in [4.69, 9.17) is 5.73 Å². The first-order valence-electron chi connectivity index (χ1n) is 17.5. The maximum Gasteiger partial charge on any atom is 0.416 e. The molecule has 0 saturated carbocycles. The minimum Gasteiger partial charge on any atom is -0.399 e. The molecule has 0 aliphatic heterocycles. The number of benzene rings is 7. The quantitative estimate of drug-likeness (QED) is 0.181. The van der Waals surface area contributed by atoms with Crippen LogP contribution < -0.4 is 10.6 Å². The summed E-state index contributed by atoms with van der Waals surface area (Å²) in [5, 5.41) is 0. The van der Waals surface area contributed by atoms with Gasteiger partial charge in [-0.05, 0) is 144 Å². The fraction of sp³-hybridized carbons (Fsp3) is 0.106. The van der Waals surface area contributed by atoms with Gasteiger partial charge in [-0.2, -0.15) is 13.2 Å². The van der Waals surface area contributed by atoms with E-state index in [1.807, 2.05) is 6.07 Å². The minimum absolute atomic E-state index is 0.624. The van der Waals surface area contributed by atoms with Crippen LogP contribution >= 0.6 is 15.9 Å². The van der Waals surface area contributed by atoms with Crippen molar-refractivity contribution in [2.75, 3.05) is 10.6 Å². The number of nitrogens with zero attached hydrogens (tertiary/aromatic N) is 1. The summed E-state index contributed by atoms with van der Waals surface area (Å²) in [5.74, 6) is 0. The van der Waals surface area contributed by atoms with Crippen LogP contribution in [0.25, 0.3) is 22.3 Å². The lowest BCUT2D eigenvalue weighted by molar-refractivity contribution is -0.137. The van der Waals surface area contributed by atoms with Crippen LogP contribution in [0.2, 0.25) is 0 Å². The first-order valence-corrected chi connectivity index (χ1v) is 18.3. The molecule has 9 rings (SSSR count). The second kappa shape index (κ2) is 15.2. The van der Waals surface area contributed by atoms with Crippen molar-refractivity contribution in [2.24, 2.45) is 0 Å². The van der Waals surface area contributed by atoms with E-state index in [0.717, 1.165) is 30.7 Å². The number of rotatable bonds is 3. The number of alkyl halides is 3. The van der Waals surface area contributed by atoms with Crippen molar-refractivity contribution in [3.05, 3.63) is 201 Å². The van der Waals surface area contributed by atoms with Crippen LogP contribution in [0.1, 0.15) is 38.9 Å². The van der Waals surface area contributed by atoms with Gasteiger partial charge >= 0.3 is 6.18 Å². The fourth-order valence-corrected chi connectivity index (χ4v) is 7.17. The molecule has 0 unspecified atom stereocenters. The van der Waals surface area contributed by atoms with Gasteiger partial charge in [0.25, 0.3) is 0 Å². The Bertz CT molecular complexity index is 2320. The van der Waals surface area contributed by atoms with E-state index in [1.54, 1.807) is 0 Å². The van der Waals surface area contributed by atoms with Crippen molar-refractivity contribution in [3.8, 4) is 22.3 Å². The Morgan fingerprint density at radius 2 is 0.925 bits per heavy atom. The number of hydrogen-bond donors (Lipinski definition) is 1. The number of nitrogen functional groups attached to an aromatic ring is 1. The van der Waals surface area contributed by atoms with Crippen molar-refractivity contribution in [1.29, 1.82) is 0 Å². The minimum atomic E-state index is -4.24. The molecule has 0 fully saturated rings. The molecule has 0 spiro atoms. The topological polar surface area (TPSA) is 29.3 Å². The number of anilines is 4. The van der Waals surface area contributed by atoms with Gasteiger partial charge < -0.3 is 10.6 Å². The predicted octanol–water partition coefficient (Wildman–Crippen LogP) is 13.7. The second-order valence-electron chi connectivity index (χ2n) is 13.4. The Hall–Kier alpha value is -5.59. The van der Waals surface area contributed by atoms with Crippen LogP contribution in [0.4, 0.5) is 35.9 Å². The summed E-state index contributed by atoms with van der Waals surface area (Å²) < 4.78 is 36.4. The normalized spacial score (nSPS) is 11.9. The molecule has 2 nitrogen and oxygen atoms in total. The van der Waals surface area contributed by atoms with E-state index in [9.17, 15) is 13.2 Å². The fourth-order valence-electron chi connectivity index (χ4n) is 6.91. The predicted molar refractivity (Wildman–Crippen MR) is 217 cm³/mol. The van der Waals surface area contributed by atoms with Gasteiger partial charge in [-0.25, -0.2) is 0 Å². The van der Waals surface area contributed by atoms with Gasteiger partial charge in [-0.3, -0.25) is 0 Å². The molecule has 2 N–H and O–H groups in total. The highest BCUT2D eigenvalue weighted by Crippen LogP contribution is 2.42. The Kier molecular flexibility index (Phi) is 10.3. The molecule has 0 atom stereocenters. The highest BCUT2D eigenvalue weighted by Gasteiger charge is 2.29. The highest BCUT2D eigenvalue weighted by molar-refractivity contribution is 9.10. The van der Waals surface area contributed by atoms with Gasteiger partial charge in [0.05, 0.1) is 5.56 Å². The number of nitrogens with two attached hydrogens (primary N) is 1. The van der Waals surface area contributed by atoms with Crippen LogP contribution in [0.3, 0.4) is 0 Å². The molecular weight excluding hydrogens is 729 g/mol. The van der Waals surface area contributed by atoms with Gasteiger partial charge in [0, 0.05) is 27.2 Å². The van der Waals surface area contributed by atoms with E-state index in [-0.39, 0.29) is 0 Å². The third-order valence-electron chi connectivity index (χ3n) is 9.61. The van der Waals surface area contributed by atoms with Crippen LogP contribution in [0.5, 0.6) is 0 Å². The van der Waals surface area contributed by atoms with Crippen LogP contribution in [0.15, 0.2) is 162 Å². The molecule has 7 aromatic rings. The Morgan fingerprint density at radius 3 is 1.43 bits per heavy atom. The summed E-state index contributed by atoms with van der Waals surface area (Å²) in [6.45, 7) is 4.26. The zero-order chi connectivity index (χ0) is 37.1. The van der Waals surface area contributed by atoms with Crippen LogP contribution in [-0.2, 0) is 19.0 Å². The molecule has 7 aromatic carbocycles. The third-order valence-corrected chi connectivity index (χ3v) is 10.1. The molecule has 2 aliphatic carbocycles. The van der Waals surface area contributed by atoms with E-state index in [1.165, 1.54) is 84.8 Å². The molecular formula is C47H38BrF3N2. The Labute approximate surface area is 317 Å². The number of aryl methyl sites for hydroxylation is 2. The summed E-state index contributed by atoms with van der Waals surface area (Å²) in [6, 6.07) is 52.7. The summed E-state index contributed by atoms with van der Waals surface area (Å²) in [5.41, 5.74) is 23.2. The SMILES string of the molecule is Cc1ccc(N(c2ccc(C)cc2)c2ccc3c(c2)Cc2ccccc2-3)cc1.FC(F)(F)c1ccc(Br)cc1.Nc1ccc2c(c1)Cc1ccccc1-2. The number of halogens is 4. The zero-order valence-corrected chi connectivity index (χ0v) is 31.0. The van der Waals surface area contributed by atoms with Crippen molar-refractivity contribution in [1.82, 2.24) is 0 Å². The first kappa shape index (κ1) is 35.8. The molecule has 0 heterocycles. The third kappa shape index (κ3) is 8.08. The van der Waals surface area contributed by atoms with Crippen molar-refractivity contribution in [2.45, 2.75) is 32.9 Å². The average molecular weight is 768 g/mol. The summed E-state index contributed by atoms with van der Waals surface area (Å²) in [4.78, 5) is 2.35. The maximum atomic E-state index is 11.9. The Morgan fingerprint density at radius 1 is 0.491 bits per heavy atom. The Balaban J connectivity index is 0.000000144. The van der Waals surface area contributed by atoms with Gasteiger partial charge in [0.2, 0.25) is 0 Å². The summed E-state index contributed by atoms with van der Waals surface area (Å²) >= 11 is 3.04. The van der Waals surface area contributed by atoms with Crippen LogP contribution in [0, 0.1) is 13.8 Å². The average Bonchev–Trinajstić information content (AvgIpc) is 3.71. The van der Waals surface area contributed by atoms with Gasteiger partial charge in [-0.1, -0.05) is 112 Å². The summed E-state index contributed by atoms with van der Waals surface area (Å²) in [7, 11) is 0. The first-order chi connectivity index (χ1) is 25.5. The smallest absolute Gasteiger partial charge is 0.399 e. The lowest BCUT2D eigenvalue weighted by Gasteiger charge is -2.26. The molecule has 264 valence electrons. The van der Waals surface area contributed by atoms with Crippen molar-refractivity contribution >= 4 is 38.7 Å². The molecule has 0 aromatic heterocycles. The van der Waals surface area contributed by atoms with Crippen molar-refractivity contribution in [3.63, 3.8) is 0 Å². The van der Waals surface area contributed by atoms with Crippen molar-refractivity contribution < 1.29 is 13.2 Å². The van der Waals surface area contributed by atoms with Gasteiger partial charge in [-0.15, -0.1) is 0 Å². The van der Waals surface area contributed by atoms with E-state index in [2.05, 4.69) is 162 Å². The van der Waals surface area contributed by atoms with Crippen LogP contribution in [-0.4, -0.2) is 0 Å². The largest absolute Gasteiger partial charge is 0.416 e. The van der Waals surface area contributed by atoms with E-state index < -0.39 is 11.7 Å². The molecule has 6 heteroatoms. The second-order valence-corrected chi connectivity index (χ2v) is 14.4. The maximum absolute atomic E-state index is 11.9. The molecule has 53 heavy (non-hydrogen) atoms. The molecule has 0 radical (unpaired) electrons. The zero-order valence-electron chi connectivity index (χ0n) is 29.5. The number of fused-ring (bicyclic) bond motifs is 6.